The molecule has 0 aliphatic heterocycles. The third-order valence-corrected chi connectivity index (χ3v) is 2.79. The van der Waals surface area contributed by atoms with Crippen LogP contribution in [0.4, 0.5) is 0 Å². The fraction of sp³-hybridized carbons (Fsp3) is 0.923. The molecular weight excluding hydrogens is 234 g/mol. The van der Waals surface area contributed by atoms with Gasteiger partial charge < -0.3 is 14.2 Å². The second-order valence-electron chi connectivity index (χ2n) is 4.72. The number of nitrogens with one attached hydrogen (secondary N) is 1. The second kappa shape index (κ2) is 7.71. The number of carbonyl (C=O) groups excluding carboxylic acids is 1. The van der Waals surface area contributed by atoms with Crippen LogP contribution in [-0.4, -0.2) is 50.6 Å². The van der Waals surface area contributed by atoms with Gasteiger partial charge >= 0.3 is 5.97 Å². The van der Waals surface area contributed by atoms with Crippen LogP contribution in [0, 0.1) is 0 Å². The molecule has 0 aromatic carbocycles. The third kappa shape index (κ3) is 5.33. The van der Waals surface area contributed by atoms with Crippen LogP contribution in [0.2, 0.25) is 0 Å². The van der Waals surface area contributed by atoms with E-state index in [4.69, 9.17) is 14.2 Å². The quantitative estimate of drug-likeness (QED) is 0.470. The van der Waals surface area contributed by atoms with Crippen molar-refractivity contribution in [2.45, 2.75) is 45.2 Å². The fourth-order valence-corrected chi connectivity index (χ4v) is 1.67. The molecule has 1 N–H and O–H groups in total. The molecule has 0 saturated heterocycles. The zero-order valence-corrected chi connectivity index (χ0v) is 11.7. The van der Waals surface area contributed by atoms with Crippen LogP contribution in [0.3, 0.4) is 0 Å². The first-order valence-corrected chi connectivity index (χ1v) is 6.72. The first kappa shape index (κ1) is 15.4. The fourth-order valence-electron chi connectivity index (χ4n) is 1.67. The molecule has 1 rings (SSSR count). The van der Waals surface area contributed by atoms with Gasteiger partial charge in [-0.25, -0.2) is 4.79 Å². The Balaban J connectivity index is 2.35. The SMILES string of the molecule is CCOCCOCC(C)(NC1CC1)C(=O)OCC. The van der Waals surface area contributed by atoms with Crippen molar-refractivity contribution in [2.75, 3.05) is 33.0 Å². The maximum atomic E-state index is 12.0. The van der Waals surface area contributed by atoms with E-state index in [2.05, 4.69) is 5.32 Å². The molecule has 1 aliphatic rings. The average Bonchev–Trinajstić information content (AvgIpc) is 3.13. The number of ether oxygens (including phenoxy) is 3. The van der Waals surface area contributed by atoms with Crippen LogP contribution >= 0.6 is 0 Å². The highest BCUT2D eigenvalue weighted by Crippen LogP contribution is 2.23. The largest absolute Gasteiger partial charge is 0.465 e. The number of hydrogen-bond donors (Lipinski definition) is 1. The summed E-state index contributed by atoms with van der Waals surface area (Å²) in [6, 6.07) is 0.426. The molecule has 18 heavy (non-hydrogen) atoms. The number of esters is 1. The van der Waals surface area contributed by atoms with Gasteiger partial charge in [0.25, 0.3) is 0 Å². The van der Waals surface area contributed by atoms with E-state index in [1.165, 1.54) is 0 Å². The van der Waals surface area contributed by atoms with Gasteiger partial charge in [-0.15, -0.1) is 0 Å². The summed E-state index contributed by atoms with van der Waals surface area (Å²) in [4.78, 5) is 12.0. The van der Waals surface area contributed by atoms with E-state index in [0.29, 0.717) is 39.1 Å². The van der Waals surface area contributed by atoms with Crippen LogP contribution in [-0.2, 0) is 19.0 Å². The smallest absolute Gasteiger partial charge is 0.328 e. The molecule has 0 aromatic rings. The van der Waals surface area contributed by atoms with Crippen molar-refractivity contribution in [2.24, 2.45) is 0 Å². The van der Waals surface area contributed by atoms with Crippen molar-refractivity contribution in [1.29, 1.82) is 0 Å². The van der Waals surface area contributed by atoms with Gasteiger partial charge in [-0.05, 0) is 33.6 Å². The summed E-state index contributed by atoms with van der Waals surface area (Å²) in [6.45, 7) is 8.02. The Morgan fingerprint density at radius 1 is 1.22 bits per heavy atom. The second-order valence-corrected chi connectivity index (χ2v) is 4.72. The predicted octanol–water partition coefficient (Wildman–Crippen LogP) is 1.11. The molecule has 0 spiro atoms. The monoisotopic (exact) mass is 259 g/mol. The minimum absolute atomic E-state index is 0.242. The van der Waals surface area contributed by atoms with Crippen LogP contribution in [0.25, 0.3) is 0 Å². The maximum absolute atomic E-state index is 12.0. The zero-order chi connectivity index (χ0) is 13.4. The topological polar surface area (TPSA) is 56.8 Å². The first-order chi connectivity index (χ1) is 8.62. The lowest BCUT2D eigenvalue weighted by Gasteiger charge is -2.28. The van der Waals surface area contributed by atoms with Crippen molar-refractivity contribution in [3.05, 3.63) is 0 Å². The lowest BCUT2D eigenvalue weighted by Crippen LogP contribution is -2.55. The number of carbonyl (C=O) groups is 1. The van der Waals surface area contributed by atoms with E-state index in [-0.39, 0.29) is 5.97 Å². The van der Waals surface area contributed by atoms with Gasteiger partial charge in [0.2, 0.25) is 0 Å². The molecule has 0 bridgehead atoms. The summed E-state index contributed by atoms with van der Waals surface area (Å²) in [5.74, 6) is -0.242. The Kier molecular flexibility index (Phi) is 6.60. The predicted molar refractivity (Wildman–Crippen MR) is 68.5 cm³/mol. The standard InChI is InChI=1S/C13H25NO4/c1-4-16-8-9-17-10-13(3,12(15)18-5-2)14-11-6-7-11/h11,14H,4-10H2,1-3H3. The summed E-state index contributed by atoms with van der Waals surface area (Å²) in [6.07, 6.45) is 2.24. The first-order valence-electron chi connectivity index (χ1n) is 6.72. The molecule has 0 heterocycles. The van der Waals surface area contributed by atoms with E-state index in [1.807, 2.05) is 20.8 Å². The third-order valence-electron chi connectivity index (χ3n) is 2.79. The summed E-state index contributed by atoms with van der Waals surface area (Å²) in [7, 11) is 0. The number of rotatable bonds is 10. The van der Waals surface area contributed by atoms with Gasteiger partial charge in [0, 0.05) is 12.6 Å². The Morgan fingerprint density at radius 3 is 2.44 bits per heavy atom. The van der Waals surface area contributed by atoms with Gasteiger partial charge in [0.05, 0.1) is 26.4 Å². The maximum Gasteiger partial charge on any atom is 0.328 e. The molecule has 5 heteroatoms. The van der Waals surface area contributed by atoms with Crippen LogP contribution in [0.15, 0.2) is 0 Å². The van der Waals surface area contributed by atoms with Gasteiger partial charge in [0.15, 0.2) is 0 Å². The van der Waals surface area contributed by atoms with Crippen molar-refractivity contribution in [1.82, 2.24) is 5.32 Å². The molecule has 0 aromatic heterocycles. The molecule has 1 unspecified atom stereocenters. The minimum atomic E-state index is -0.747. The summed E-state index contributed by atoms with van der Waals surface area (Å²) in [5.41, 5.74) is -0.747. The minimum Gasteiger partial charge on any atom is -0.465 e. The van der Waals surface area contributed by atoms with E-state index in [9.17, 15) is 4.79 Å². The lowest BCUT2D eigenvalue weighted by molar-refractivity contribution is -0.153. The molecule has 0 radical (unpaired) electrons. The summed E-state index contributed by atoms with van der Waals surface area (Å²) < 4.78 is 15.8. The number of hydrogen-bond acceptors (Lipinski definition) is 5. The van der Waals surface area contributed by atoms with Crippen molar-refractivity contribution in [3.8, 4) is 0 Å². The molecule has 1 fully saturated rings. The highest BCUT2D eigenvalue weighted by atomic mass is 16.5. The molecule has 1 aliphatic carbocycles. The molecule has 106 valence electrons. The van der Waals surface area contributed by atoms with Gasteiger partial charge in [-0.3, -0.25) is 5.32 Å². The van der Waals surface area contributed by atoms with Gasteiger partial charge in [0.1, 0.15) is 5.54 Å². The van der Waals surface area contributed by atoms with Crippen molar-refractivity contribution >= 4 is 5.97 Å². The Bertz CT molecular complexity index is 255. The molecule has 5 nitrogen and oxygen atoms in total. The molecule has 1 atom stereocenters. The van der Waals surface area contributed by atoms with E-state index >= 15 is 0 Å². The van der Waals surface area contributed by atoms with Crippen molar-refractivity contribution < 1.29 is 19.0 Å². The zero-order valence-electron chi connectivity index (χ0n) is 11.7. The molecular formula is C13H25NO4. The average molecular weight is 259 g/mol. The normalized spacial score (nSPS) is 18.4. The van der Waals surface area contributed by atoms with E-state index in [0.717, 1.165) is 12.8 Å². The molecule has 1 saturated carbocycles. The Hall–Kier alpha value is -0.650. The van der Waals surface area contributed by atoms with Crippen LogP contribution in [0.1, 0.15) is 33.6 Å². The van der Waals surface area contributed by atoms with E-state index < -0.39 is 5.54 Å². The summed E-state index contributed by atoms with van der Waals surface area (Å²) in [5, 5.41) is 3.30. The van der Waals surface area contributed by atoms with Gasteiger partial charge in [-0.2, -0.15) is 0 Å². The van der Waals surface area contributed by atoms with E-state index in [1.54, 1.807) is 0 Å². The van der Waals surface area contributed by atoms with Crippen LogP contribution < -0.4 is 5.32 Å². The molecule has 0 amide bonds. The van der Waals surface area contributed by atoms with Crippen molar-refractivity contribution in [3.63, 3.8) is 0 Å². The Labute approximate surface area is 109 Å². The van der Waals surface area contributed by atoms with Crippen LogP contribution in [0.5, 0.6) is 0 Å². The highest BCUT2D eigenvalue weighted by Gasteiger charge is 2.39. The Morgan fingerprint density at radius 2 is 1.89 bits per heavy atom. The lowest BCUT2D eigenvalue weighted by atomic mass is 10.0. The summed E-state index contributed by atoms with van der Waals surface area (Å²) >= 11 is 0. The van der Waals surface area contributed by atoms with Gasteiger partial charge in [-0.1, -0.05) is 0 Å². The highest BCUT2D eigenvalue weighted by molar-refractivity contribution is 5.80.